The van der Waals surface area contributed by atoms with E-state index in [2.05, 4.69) is 0 Å². The zero-order valence-corrected chi connectivity index (χ0v) is 11.9. The molecule has 5 nitrogen and oxygen atoms in total. The molecule has 0 aliphatic rings. The smallest absolute Gasteiger partial charge is 0.123 e. The SMILES string of the molecule is COCC(O)CN(C)Cc1ccc(OC)c(CN)c1. The molecule has 3 N–H and O–H groups in total. The topological polar surface area (TPSA) is 68.0 Å². The van der Waals surface area contributed by atoms with Crippen LogP contribution in [0.2, 0.25) is 0 Å². The summed E-state index contributed by atoms with van der Waals surface area (Å²) in [5.41, 5.74) is 7.83. The maximum atomic E-state index is 9.67. The molecule has 0 saturated carbocycles. The Morgan fingerprint density at radius 2 is 2.11 bits per heavy atom. The van der Waals surface area contributed by atoms with Crippen LogP contribution < -0.4 is 10.5 Å². The van der Waals surface area contributed by atoms with Gasteiger partial charge in [-0.05, 0) is 24.7 Å². The fourth-order valence-electron chi connectivity index (χ4n) is 2.07. The van der Waals surface area contributed by atoms with Crippen LogP contribution in [-0.2, 0) is 17.8 Å². The molecule has 108 valence electrons. The molecule has 1 aromatic carbocycles. The molecule has 0 aromatic heterocycles. The number of aliphatic hydroxyl groups excluding tert-OH is 1. The van der Waals surface area contributed by atoms with E-state index in [1.165, 1.54) is 0 Å². The van der Waals surface area contributed by atoms with Crippen LogP contribution >= 0.6 is 0 Å². The van der Waals surface area contributed by atoms with Crippen molar-refractivity contribution in [3.05, 3.63) is 29.3 Å². The first kappa shape index (κ1) is 15.9. The van der Waals surface area contributed by atoms with Gasteiger partial charge in [-0.2, -0.15) is 0 Å². The zero-order valence-electron chi connectivity index (χ0n) is 11.9. The molecule has 0 aliphatic carbocycles. The van der Waals surface area contributed by atoms with Gasteiger partial charge in [-0.1, -0.05) is 6.07 Å². The molecule has 0 fully saturated rings. The fraction of sp³-hybridized carbons (Fsp3) is 0.571. The minimum atomic E-state index is -0.470. The van der Waals surface area contributed by atoms with Crippen molar-refractivity contribution in [2.24, 2.45) is 5.73 Å². The minimum absolute atomic E-state index is 0.348. The summed E-state index contributed by atoms with van der Waals surface area (Å²) in [6, 6.07) is 5.98. The van der Waals surface area contributed by atoms with Gasteiger partial charge in [0.25, 0.3) is 0 Å². The van der Waals surface area contributed by atoms with Gasteiger partial charge in [0.2, 0.25) is 0 Å². The molecule has 0 saturated heterocycles. The molecule has 0 bridgehead atoms. The number of hydrogen-bond donors (Lipinski definition) is 2. The average Bonchev–Trinajstić information content (AvgIpc) is 2.38. The standard InChI is InChI=1S/C14H24N2O3/c1-16(9-13(17)10-18-2)8-11-4-5-14(19-3)12(6-11)7-15/h4-6,13,17H,7-10,15H2,1-3H3. The van der Waals surface area contributed by atoms with E-state index >= 15 is 0 Å². The van der Waals surface area contributed by atoms with Gasteiger partial charge in [-0.25, -0.2) is 0 Å². The second-order valence-corrected chi connectivity index (χ2v) is 4.66. The van der Waals surface area contributed by atoms with Crippen molar-refractivity contribution < 1.29 is 14.6 Å². The van der Waals surface area contributed by atoms with Crippen molar-refractivity contribution in [3.8, 4) is 5.75 Å². The number of methoxy groups -OCH3 is 2. The number of benzene rings is 1. The van der Waals surface area contributed by atoms with Crippen LogP contribution in [0.1, 0.15) is 11.1 Å². The van der Waals surface area contributed by atoms with Crippen molar-refractivity contribution in [3.63, 3.8) is 0 Å². The molecule has 0 radical (unpaired) electrons. The summed E-state index contributed by atoms with van der Waals surface area (Å²) in [5, 5.41) is 9.67. The normalized spacial score (nSPS) is 12.7. The fourth-order valence-corrected chi connectivity index (χ4v) is 2.07. The third-order valence-electron chi connectivity index (χ3n) is 2.90. The number of hydrogen-bond acceptors (Lipinski definition) is 5. The van der Waals surface area contributed by atoms with Crippen molar-refractivity contribution >= 4 is 0 Å². The molecule has 1 unspecified atom stereocenters. The Bertz CT molecular complexity index is 385. The molecule has 0 aliphatic heterocycles. The van der Waals surface area contributed by atoms with Gasteiger partial charge in [-0.15, -0.1) is 0 Å². The number of nitrogens with zero attached hydrogens (tertiary/aromatic N) is 1. The van der Waals surface area contributed by atoms with Crippen LogP contribution in [0, 0.1) is 0 Å². The molecule has 1 atom stereocenters. The third-order valence-corrected chi connectivity index (χ3v) is 2.90. The summed E-state index contributed by atoms with van der Waals surface area (Å²) in [6.45, 7) is 2.11. The van der Waals surface area contributed by atoms with Gasteiger partial charge in [0.15, 0.2) is 0 Å². The summed E-state index contributed by atoms with van der Waals surface area (Å²) in [7, 11) is 5.19. The molecule has 0 spiro atoms. The lowest BCUT2D eigenvalue weighted by Crippen LogP contribution is -2.31. The summed E-state index contributed by atoms with van der Waals surface area (Å²) < 4.78 is 10.2. The van der Waals surface area contributed by atoms with E-state index in [0.29, 0.717) is 19.7 Å². The Balaban J connectivity index is 2.61. The first-order valence-corrected chi connectivity index (χ1v) is 6.32. The van der Waals surface area contributed by atoms with Gasteiger partial charge in [0, 0.05) is 32.3 Å². The monoisotopic (exact) mass is 268 g/mol. The molecule has 5 heteroatoms. The van der Waals surface area contributed by atoms with Gasteiger partial charge in [0.1, 0.15) is 5.75 Å². The van der Waals surface area contributed by atoms with Crippen molar-refractivity contribution in [1.82, 2.24) is 4.90 Å². The lowest BCUT2D eigenvalue weighted by molar-refractivity contribution is 0.0419. The maximum absolute atomic E-state index is 9.67. The van der Waals surface area contributed by atoms with Crippen LogP contribution in [-0.4, -0.2) is 50.5 Å². The van der Waals surface area contributed by atoms with Crippen LogP contribution in [0.15, 0.2) is 18.2 Å². The van der Waals surface area contributed by atoms with Crippen molar-refractivity contribution in [2.45, 2.75) is 19.2 Å². The molecule has 0 amide bonds. The number of aliphatic hydroxyl groups is 1. The van der Waals surface area contributed by atoms with Crippen LogP contribution in [0.25, 0.3) is 0 Å². The lowest BCUT2D eigenvalue weighted by atomic mass is 10.1. The number of likely N-dealkylation sites (N-methyl/N-ethyl adjacent to an activating group) is 1. The zero-order chi connectivity index (χ0) is 14.3. The van der Waals surface area contributed by atoms with E-state index in [9.17, 15) is 5.11 Å². The van der Waals surface area contributed by atoms with Crippen LogP contribution in [0.3, 0.4) is 0 Å². The Kier molecular flexibility index (Phi) is 6.80. The Labute approximate surface area is 114 Å². The van der Waals surface area contributed by atoms with Gasteiger partial charge >= 0.3 is 0 Å². The first-order chi connectivity index (χ1) is 9.10. The highest BCUT2D eigenvalue weighted by atomic mass is 16.5. The molecule has 19 heavy (non-hydrogen) atoms. The lowest BCUT2D eigenvalue weighted by Gasteiger charge is -2.20. The Morgan fingerprint density at radius 1 is 1.37 bits per heavy atom. The predicted octanol–water partition coefficient (Wildman–Crippen LogP) is 0.593. The van der Waals surface area contributed by atoms with Crippen LogP contribution in [0.5, 0.6) is 5.75 Å². The van der Waals surface area contributed by atoms with Gasteiger partial charge in [-0.3, -0.25) is 4.90 Å². The highest BCUT2D eigenvalue weighted by Gasteiger charge is 2.09. The third kappa shape index (κ3) is 5.16. The van der Waals surface area contributed by atoms with E-state index < -0.39 is 6.10 Å². The molecule has 1 rings (SSSR count). The minimum Gasteiger partial charge on any atom is -0.496 e. The summed E-state index contributed by atoms with van der Waals surface area (Å²) in [6.07, 6.45) is -0.470. The first-order valence-electron chi connectivity index (χ1n) is 6.32. The van der Waals surface area contributed by atoms with Gasteiger partial charge < -0.3 is 20.3 Å². The van der Waals surface area contributed by atoms with E-state index in [1.54, 1.807) is 14.2 Å². The molecule has 1 aromatic rings. The van der Waals surface area contributed by atoms with Gasteiger partial charge in [0.05, 0.1) is 19.8 Å². The number of rotatable bonds is 8. The average molecular weight is 268 g/mol. The maximum Gasteiger partial charge on any atom is 0.123 e. The highest BCUT2D eigenvalue weighted by Crippen LogP contribution is 2.20. The second kappa shape index (κ2) is 8.12. The molecular weight excluding hydrogens is 244 g/mol. The van der Waals surface area contributed by atoms with E-state index in [1.807, 2.05) is 30.1 Å². The van der Waals surface area contributed by atoms with E-state index in [0.717, 1.165) is 23.4 Å². The highest BCUT2D eigenvalue weighted by molar-refractivity contribution is 5.37. The Hall–Kier alpha value is -1.14. The number of nitrogens with two attached hydrogens (primary N) is 1. The predicted molar refractivity (Wildman–Crippen MR) is 75.1 cm³/mol. The quantitative estimate of drug-likeness (QED) is 0.722. The molecule has 0 heterocycles. The summed E-state index contributed by atoms with van der Waals surface area (Å²) >= 11 is 0. The summed E-state index contributed by atoms with van der Waals surface area (Å²) in [4.78, 5) is 2.05. The Morgan fingerprint density at radius 3 is 2.68 bits per heavy atom. The molecular formula is C14H24N2O3. The van der Waals surface area contributed by atoms with Crippen molar-refractivity contribution in [2.75, 3.05) is 34.4 Å². The summed E-state index contributed by atoms with van der Waals surface area (Å²) in [5.74, 6) is 0.813. The van der Waals surface area contributed by atoms with Crippen molar-refractivity contribution in [1.29, 1.82) is 0 Å². The van der Waals surface area contributed by atoms with E-state index in [4.69, 9.17) is 15.2 Å². The van der Waals surface area contributed by atoms with E-state index in [-0.39, 0.29) is 0 Å². The van der Waals surface area contributed by atoms with Crippen LogP contribution in [0.4, 0.5) is 0 Å². The second-order valence-electron chi connectivity index (χ2n) is 4.66. The number of ether oxygens (including phenoxy) is 2. The largest absolute Gasteiger partial charge is 0.496 e.